The first-order valence-electron chi connectivity index (χ1n) is 10.2. The molecule has 0 radical (unpaired) electrons. The third kappa shape index (κ3) is 4.16. The summed E-state index contributed by atoms with van der Waals surface area (Å²) in [6.45, 7) is 5.93. The van der Waals surface area contributed by atoms with E-state index in [2.05, 4.69) is 5.32 Å². The number of urea groups is 1. The molecule has 2 aromatic rings. The molecule has 4 rings (SSSR count). The van der Waals surface area contributed by atoms with Gasteiger partial charge in [0.2, 0.25) is 0 Å². The molecule has 0 atom stereocenters. The largest absolute Gasteiger partial charge is 0.324 e. The second-order valence-electron chi connectivity index (χ2n) is 8.00. The predicted molar refractivity (Wildman–Crippen MR) is 123 cm³/mol. The molecule has 158 valence electrons. The van der Waals surface area contributed by atoms with Gasteiger partial charge in [0.25, 0.3) is 5.91 Å². The van der Waals surface area contributed by atoms with Crippen LogP contribution in [0.1, 0.15) is 34.3 Å². The molecule has 30 heavy (non-hydrogen) atoms. The highest BCUT2D eigenvalue weighted by Gasteiger charge is 2.47. The van der Waals surface area contributed by atoms with Crippen LogP contribution in [0.5, 0.6) is 0 Å². The molecule has 2 aliphatic rings. The van der Waals surface area contributed by atoms with Gasteiger partial charge in [-0.15, -0.1) is 11.8 Å². The monoisotopic (exact) mass is 443 g/mol. The summed E-state index contributed by atoms with van der Waals surface area (Å²) in [6.07, 6.45) is 1.55. The molecule has 3 amide bonds. The molecule has 0 bridgehead atoms. The zero-order valence-corrected chi connectivity index (χ0v) is 18.9. The summed E-state index contributed by atoms with van der Waals surface area (Å²) in [6, 6.07) is 13.2. The molecular weight excluding hydrogens is 418 g/mol. The molecule has 2 heterocycles. The second-order valence-corrected chi connectivity index (χ2v) is 9.87. The maximum atomic E-state index is 13.2. The Labute approximate surface area is 186 Å². The normalized spacial score (nSPS) is 18.0. The lowest BCUT2D eigenvalue weighted by molar-refractivity contribution is 0.0585. The molecule has 0 aliphatic carbocycles. The van der Waals surface area contributed by atoms with E-state index in [1.54, 1.807) is 6.07 Å². The molecular formula is C23H26ClN3O2S. The molecule has 0 saturated carbocycles. The van der Waals surface area contributed by atoms with E-state index in [1.807, 2.05) is 71.8 Å². The van der Waals surface area contributed by atoms with Crippen LogP contribution in [0, 0.1) is 13.8 Å². The van der Waals surface area contributed by atoms with Crippen molar-refractivity contribution in [3.05, 3.63) is 64.2 Å². The van der Waals surface area contributed by atoms with Gasteiger partial charge in [0.05, 0.1) is 4.87 Å². The topological polar surface area (TPSA) is 52.7 Å². The number of anilines is 1. The van der Waals surface area contributed by atoms with Crippen LogP contribution in [0.2, 0.25) is 5.02 Å². The lowest BCUT2D eigenvalue weighted by Gasteiger charge is -2.44. The van der Waals surface area contributed by atoms with Crippen molar-refractivity contribution in [3.63, 3.8) is 0 Å². The molecule has 0 aromatic heterocycles. The molecule has 0 unspecified atom stereocenters. The van der Waals surface area contributed by atoms with Gasteiger partial charge >= 0.3 is 6.03 Å². The predicted octanol–water partition coefficient (Wildman–Crippen LogP) is 5.17. The molecule has 7 heteroatoms. The van der Waals surface area contributed by atoms with Gasteiger partial charge in [-0.25, -0.2) is 4.79 Å². The summed E-state index contributed by atoms with van der Waals surface area (Å²) in [7, 11) is 0. The van der Waals surface area contributed by atoms with E-state index in [0.29, 0.717) is 23.8 Å². The smallest absolute Gasteiger partial charge is 0.321 e. The van der Waals surface area contributed by atoms with Crippen molar-refractivity contribution >= 4 is 41.0 Å². The van der Waals surface area contributed by atoms with E-state index >= 15 is 0 Å². The van der Waals surface area contributed by atoms with Crippen molar-refractivity contribution in [2.75, 3.05) is 30.7 Å². The van der Waals surface area contributed by atoms with Crippen LogP contribution in [-0.4, -0.2) is 52.0 Å². The third-order valence-electron chi connectivity index (χ3n) is 5.94. The van der Waals surface area contributed by atoms with Crippen LogP contribution >= 0.6 is 23.4 Å². The minimum absolute atomic E-state index is 0.0934. The molecule has 2 aliphatic heterocycles. The van der Waals surface area contributed by atoms with Gasteiger partial charge in [-0.05, 0) is 56.5 Å². The molecule has 1 spiro atoms. The number of benzene rings is 2. The molecule has 2 fully saturated rings. The first kappa shape index (κ1) is 21.1. The van der Waals surface area contributed by atoms with E-state index in [-0.39, 0.29) is 16.8 Å². The van der Waals surface area contributed by atoms with Gasteiger partial charge in [-0.2, -0.15) is 0 Å². The number of nitrogens with one attached hydrogen (secondary N) is 1. The number of rotatable bonds is 2. The maximum Gasteiger partial charge on any atom is 0.321 e. The molecule has 5 nitrogen and oxygen atoms in total. The highest BCUT2D eigenvalue weighted by atomic mass is 35.5. The number of amides is 3. The highest BCUT2D eigenvalue weighted by molar-refractivity contribution is 8.00. The summed E-state index contributed by atoms with van der Waals surface area (Å²) >= 11 is 8.02. The lowest BCUT2D eigenvalue weighted by atomic mass is 10.0. The Morgan fingerprint density at radius 1 is 1.07 bits per heavy atom. The number of hydrogen-bond acceptors (Lipinski definition) is 3. The van der Waals surface area contributed by atoms with Gasteiger partial charge in [0.15, 0.2) is 0 Å². The fourth-order valence-electron chi connectivity index (χ4n) is 4.18. The number of nitrogens with zero attached hydrogens (tertiary/aromatic N) is 2. The summed E-state index contributed by atoms with van der Waals surface area (Å²) in [5.41, 5.74) is 3.51. The Bertz CT molecular complexity index is 973. The Morgan fingerprint density at radius 3 is 2.53 bits per heavy atom. The maximum absolute atomic E-state index is 13.2. The Hall–Kier alpha value is -2.18. The number of carbonyl (C=O) groups excluding carboxylic acids is 2. The number of piperidine rings is 1. The van der Waals surface area contributed by atoms with Gasteiger partial charge < -0.3 is 15.1 Å². The van der Waals surface area contributed by atoms with Crippen molar-refractivity contribution in [2.45, 2.75) is 31.6 Å². The van der Waals surface area contributed by atoms with Crippen LogP contribution in [-0.2, 0) is 0 Å². The van der Waals surface area contributed by atoms with Crippen molar-refractivity contribution in [1.29, 1.82) is 0 Å². The quantitative estimate of drug-likeness (QED) is 0.696. The van der Waals surface area contributed by atoms with Crippen molar-refractivity contribution in [1.82, 2.24) is 9.80 Å². The van der Waals surface area contributed by atoms with E-state index in [4.69, 9.17) is 11.6 Å². The first-order valence-corrected chi connectivity index (χ1v) is 11.6. The van der Waals surface area contributed by atoms with Gasteiger partial charge in [0.1, 0.15) is 0 Å². The summed E-state index contributed by atoms with van der Waals surface area (Å²) in [4.78, 5) is 29.6. The van der Waals surface area contributed by atoms with E-state index < -0.39 is 0 Å². The summed E-state index contributed by atoms with van der Waals surface area (Å²) in [5.74, 6) is 1.03. The van der Waals surface area contributed by atoms with Crippen molar-refractivity contribution < 1.29 is 9.59 Å². The van der Waals surface area contributed by atoms with Gasteiger partial charge in [0, 0.05) is 41.7 Å². The number of halogens is 1. The van der Waals surface area contributed by atoms with E-state index in [9.17, 15) is 9.59 Å². The number of thioether (sulfide) groups is 1. The Balaban J connectivity index is 1.41. The molecule has 1 N–H and O–H groups in total. The lowest BCUT2D eigenvalue weighted by Crippen LogP contribution is -2.54. The standard InChI is InChI=1S/C23H26ClN3O2S/c1-16-4-3-5-18(14-16)21(28)27-12-13-30-23(27)8-10-26(11-9-23)22(29)25-19-7-6-17(2)20(24)15-19/h3-7,14-15H,8-13H2,1-2H3,(H,25,29). The number of hydrogen-bond donors (Lipinski definition) is 1. The van der Waals surface area contributed by atoms with Gasteiger partial charge in [-0.3, -0.25) is 4.79 Å². The van der Waals surface area contributed by atoms with Crippen LogP contribution in [0.3, 0.4) is 0 Å². The number of aryl methyl sites for hydroxylation is 2. The van der Waals surface area contributed by atoms with Gasteiger partial charge in [-0.1, -0.05) is 35.4 Å². The second kappa shape index (κ2) is 8.52. The SMILES string of the molecule is Cc1cccc(C(=O)N2CCSC23CCN(C(=O)Nc2ccc(C)c(Cl)c2)CC3)c1. The van der Waals surface area contributed by atoms with E-state index in [1.165, 1.54) is 0 Å². The summed E-state index contributed by atoms with van der Waals surface area (Å²) in [5, 5.41) is 3.58. The highest BCUT2D eigenvalue weighted by Crippen LogP contribution is 2.44. The van der Waals surface area contributed by atoms with Crippen LogP contribution in [0.15, 0.2) is 42.5 Å². The zero-order chi connectivity index (χ0) is 21.3. The van der Waals surface area contributed by atoms with Crippen LogP contribution in [0.4, 0.5) is 10.5 Å². The molecule has 2 saturated heterocycles. The number of carbonyl (C=O) groups is 2. The minimum atomic E-state index is -0.217. The fourth-order valence-corrected chi connectivity index (χ4v) is 5.81. The molecule has 2 aromatic carbocycles. The zero-order valence-electron chi connectivity index (χ0n) is 17.3. The van der Waals surface area contributed by atoms with E-state index in [0.717, 1.165) is 41.8 Å². The minimum Gasteiger partial charge on any atom is -0.324 e. The Kier molecular flexibility index (Phi) is 5.98. The average Bonchev–Trinajstić information content (AvgIpc) is 3.13. The first-order chi connectivity index (χ1) is 14.4. The Morgan fingerprint density at radius 2 is 1.83 bits per heavy atom. The van der Waals surface area contributed by atoms with Crippen LogP contribution < -0.4 is 5.32 Å². The number of likely N-dealkylation sites (tertiary alicyclic amines) is 1. The van der Waals surface area contributed by atoms with Crippen molar-refractivity contribution in [3.8, 4) is 0 Å². The van der Waals surface area contributed by atoms with Crippen LogP contribution in [0.25, 0.3) is 0 Å². The third-order valence-corrected chi connectivity index (χ3v) is 7.90. The summed E-state index contributed by atoms with van der Waals surface area (Å²) < 4.78 is 0. The average molecular weight is 444 g/mol. The fraction of sp³-hybridized carbons (Fsp3) is 0.391. The van der Waals surface area contributed by atoms with Crippen molar-refractivity contribution in [2.24, 2.45) is 0 Å².